The van der Waals surface area contributed by atoms with E-state index in [9.17, 15) is 30.0 Å². The van der Waals surface area contributed by atoms with Crippen LogP contribution in [0.1, 0.15) is 25.7 Å². The maximum absolute atomic E-state index is 11.5. The Morgan fingerprint density at radius 3 is 2.14 bits per heavy atom. The molecule has 124 valence electrons. The van der Waals surface area contributed by atoms with Gasteiger partial charge in [-0.15, -0.1) is 0 Å². The highest BCUT2D eigenvalue weighted by molar-refractivity contribution is 5.81. The number of carboxylic acids is 1. The highest BCUT2D eigenvalue weighted by Gasteiger charge is 2.33. The van der Waals surface area contributed by atoms with Gasteiger partial charge in [0.05, 0.1) is 6.61 Å². The van der Waals surface area contributed by atoms with Gasteiger partial charge in [-0.25, -0.2) is 0 Å². The number of hydrogen-bond acceptors (Lipinski definition) is 8. The molecular weight excluding hydrogens is 286 g/mol. The summed E-state index contributed by atoms with van der Waals surface area (Å²) in [6, 6.07) is 0. The van der Waals surface area contributed by atoms with E-state index < -0.39 is 42.9 Å². The van der Waals surface area contributed by atoms with Crippen molar-refractivity contribution in [1.82, 2.24) is 5.32 Å². The van der Waals surface area contributed by atoms with Crippen molar-refractivity contribution in [2.24, 2.45) is 0 Å². The molecule has 0 aliphatic rings. The average molecular weight is 308 g/mol. The number of carbonyl (C=O) groups excluding carboxylic acids is 2. The van der Waals surface area contributed by atoms with Gasteiger partial charge in [0.1, 0.15) is 18.3 Å². The SMILES string of the molecule is O=C([O-])CCCCCNC(=O)[C@H](O)[C@@H](O)[C@H](O)[C@H](O)CO. The van der Waals surface area contributed by atoms with Crippen LogP contribution in [0.15, 0.2) is 0 Å². The van der Waals surface area contributed by atoms with Gasteiger partial charge in [0.25, 0.3) is 5.91 Å². The predicted octanol–water partition coefficient (Wildman–Crippen LogP) is -4.15. The fraction of sp³-hybridized carbons (Fsp3) is 0.833. The van der Waals surface area contributed by atoms with Gasteiger partial charge in [0.15, 0.2) is 6.10 Å². The van der Waals surface area contributed by atoms with E-state index >= 15 is 0 Å². The standard InChI is InChI=1S/C12H23NO8/c14-6-7(15)9(18)10(19)11(20)12(21)13-5-3-1-2-4-8(16)17/h7,9-11,14-15,18-20H,1-6H2,(H,13,21)(H,16,17)/p-1/t7-,9-,10+,11-/m1/s1. The Hall–Kier alpha value is -1.26. The minimum absolute atomic E-state index is 0.0689. The first-order valence-electron chi connectivity index (χ1n) is 6.62. The summed E-state index contributed by atoms with van der Waals surface area (Å²) in [7, 11) is 0. The molecule has 0 aliphatic carbocycles. The molecule has 0 saturated heterocycles. The summed E-state index contributed by atoms with van der Waals surface area (Å²) in [6.07, 6.45) is -6.08. The number of rotatable bonds is 11. The van der Waals surface area contributed by atoms with Crippen molar-refractivity contribution < 1.29 is 40.2 Å². The summed E-state index contributed by atoms with van der Waals surface area (Å²) in [4.78, 5) is 21.6. The van der Waals surface area contributed by atoms with Gasteiger partial charge in [0.2, 0.25) is 0 Å². The number of aliphatic hydroxyl groups is 5. The van der Waals surface area contributed by atoms with Crippen molar-refractivity contribution in [1.29, 1.82) is 0 Å². The number of carbonyl (C=O) groups is 2. The van der Waals surface area contributed by atoms with E-state index in [2.05, 4.69) is 5.32 Å². The van der Waals surface area contributed by atoms with Crippen molar-refractivity contribution in [3.05, 3.63) is 0 Å². The molecule has 21 heavy (non-hydrogen) atoms. The van der Waals surface area contributed by atoms with Crippen LogP contribution in [0.3, 0.4) is 0 Å². The van der Waals surface area contributed by atoms with Crippen LogP contribution in [0.5, 0.6) is 0 Å². The summed E-state index contributed by atoms with van der Waals surface area (Å²) in [6.45, 7) is -0.667. The van der Waals surface area contributed by atoms with Crippen LogP contribution in [0, 0.1) is 0 Å². The minimum atomic E-state index is -1.95. The number of aliphatic carboxylic acids is 1. The fourth-order valence-corrected chi connectivity index (χ4v) is 1.56. The van der Waals surface area contributed by atoms with Crippen molar-refractivity contribution >= 4 is 11.9 Å². The van der Waals surface area contributed by atoms with Crippen LogP contribution < -0.4 is 10.4 Å². The van der Waals surface area contributed by atoms with E-state index in [1.54, 1.807) is 0 Å². The molecule has 4 atom stereocenters. The molecule has 0 heterocycles. The summed E-state index contributed by atoms with van der Waals surface area (Å²) < 4.78 is 0. The number of carboxylic acid groups (broad SMARTS) is 1. The first-order valence-corrected chi connectivity index (χ1v) is 6.62. The van der Waals surface area contributed by atoms with E-state index in [1.807, 2.05) is 0 Å². The summed E-state index contributed by atoms with van der Waals surface area (Å²) in [5, 5.41) is 58.4. The van der Waals surface area contributed by atoms with Crippen molar-refractivity contribution in [3.8, 4) is 0 Å². The van der Waals surface area contributed by atoms with Crippen molar-refractivity contribution in [3.63, 3.8) is 0 Å². The number of unbranched alkanes of at least 4 members (excludes halogenated alkanes) is 2. The predicted molar refractivity (Wildman–Crippen MR) is 67.6 cm³/mol. The molecule has 6 N–H and O–H groups in total. The van der Waals surface area contributed by atoms with E-state index in [0.29, 0.717) is 19.3 Å². The second-order valence-corrected chi connectivity index (χ2v) is 4.65. The van der Waals surface area contributed by atoms with Crippen LogP contribution >= 0.6 is 0 Å². The lowest BCUT2D eigenvalue weighted by Gasteiger charge is -2.24. The molecule has 0 aromatic carbocycles. The number of amides is 1. The zero-order chi connectivity index (χ0) is 16.4. The third kappa shape index (κ3) is 7.93. The quantitative estimate of drug-likeness (QED) is 0.209. The maximum atomic E-state index is 11.5. The van der Waals surface area contributed by atoms with Gasteiger partial charge in [0, 0.05) is 12.5 Å². The summed E-state index contributed by atoms with van der Waals surface area (Å²) in [5.74, 6) is -2.08. The largest absolute Gasteiger partial charge is 0.550 e. The topological polar surface area (TPSA) is 170 Å². The van der Waals surface area contributed by atoms with Gasteiger partial charge in [-0.05, 0) is 19.3 Å². The highest BCUT2D eigenvalue weighted by atomic mass is 16.4. The molecule has 9 nitrogen and oxygen atoms in total. The Kier molecular flexibility index (Phi) is 9.84. The van der Waals surface area contributed by atoms with Gasteiger partial charge < -0.3 is 40.8 Å². The Morgan fingerprint density at radius 2 is 1.62 bits per heavy atom. The number of aliphatic hydroxyl groups excluding tert-OH is 5. The lowest BCUT2D eigenvalue weighted by molar-refractivity contribution is -0.305. The summed E-state index contributed by atoms with van der Waals surface area (Å²) >= 11 is 0. The Morgan fingerprint density at radius 1 is 1.00 bits per heavy atom. The summed E-state index contributed by atoms with van der Waals surface area (Å²) in [5.41, 5.74) is 0. The van der Waals surface area contributed by atoms with Crippen LogP contribution in [0.2, 0.25) is 0 Å². The Bertz CT molecular complexity index is 324. The minimum Gasteiger partial charge on any atom is -0.550 e. The molecule has 0 unspecified atom stereocenters. The highest BCUT2D eigenvalue weighted by Crippen LogP contribution is 2.05. The smallest absolute Gasteiger partial charge is 0.251 e. The second-order valence-electron chi connectivity index (χ2n) is 4.65. The van der Waals surface area contributed by atoms with E-state index in [-0.39, 0.29) is 13.0 Å². The molecule has 1 amide bonds. The van der Waals surface area contributed by atoms with Crippen LogP contribution in [-0.4, -0.2) is 75.0 Å². The van der Waals surface area contributed by atoms with Gasteiger partial charge >= 0.3 is 0 Å². The van der Waals surface area contributed by atoms with Crippen LogP contribution in [0.25, 0.3) is 0 Å². The van der Waals surface area contributed by atoms with E-state index in [4.69, 9.17) is 10.2 Å². The van der Waals surface area contributed by atoms with Gasteiger partial charge in [-0.3, -0.25) is 4.79 Å². The van der Waals surface area contributed by atoms with Gasteiger partial charge in [-0.1, -0.05) is 6.42 Å². The lowest BCUT2D eigenvalue weighted by Crippen LogP contribution is -2.51. The zero-order valence-corrected chi connectivity index (χ0v) is 11.5. The van der Waals surface area contributed by atoms with Crippen LogP contribution in [-0.2, 0) is 9.59 Å². The first kappa shape index (κ1) is 19.7. The fourth-order valence-electron chi connectivity index (χ4n) is 1.56. The Balaban J connectivity index is 3.96. The molecule has 0 bridgehead atoms. The van der Waals surface area contributed by atoms with Crippen LogP contribution in [0.4, 0.5) is 0 Å². The molecule has 0 aliphatic heterocycles. The van der Waals surface area contributed by atoms with Crippen molar-refractivity contribution in [2.45, 2.75) is 50.1 Å². The molecule has 0 saturated carbocycles. The molecule has 0 spiro atoms. The lowest BCUT2D eigenvalue weighted by atomic mass is 10.0. The first-order chi connectivity index (χ1) is 9.81. The second kappa shape index (κ2) is 10.5. The molecule has 0 aromatic heterocycles. The zero-order valence-electron chi connectivity index (χ0n) is 11.5. The third-order valence-electron chi connectivity index (χ3n) is 2.88. The third-order valence-corrected chi connectivity index (χ3v) is 2.88. The van der Waals surface area contributed by atoms with Crippen molar-refractivity contribution in [2.75, 3.05) is 13.2 Å². The molecule has 9 heteroatoms. The number of nitrogens with one attached hydrogen (secondary N) is 1. The molecule has 0 radical (unpaired) electrons. The average Bonchev–Trinajstić information content (AvgIpc) is 2.46. The Labute approximate surface area is 121 Å². The van der Waals surface area contributed by atoms with E-state index in [1.165, 1.54) is 0 Å². The molecule has 0 fully saturated rings. The molecule has 0 rings (SSSR count). The molecule has 0 aromatic rings. The molecular formula is C12H22NO8-. The number of hydrogen-bond donors (Lipinski definition) is 6. The maximum Gasteiger partial charge on any atom is 0.251 e. The monoisotopic (exact) mass is 308 g/mol. The van der Waals surface area contributed by atoms with E-state index in [0.717, 1.165) is 0 Å². The van der Waals surface area contributed by atoms with Gasteiger partial charge in [-0.2, -0.15) is 0 Å². The normalized spacial score (nSPS) is 16.8.